The molecule has 9 heteroatoms. The highest BCUT2D eigenvalue weighted by atomic mass is 32.1. The Morgan fingerprint density at radius 3 is 2.32 bits per heavy atom. The van der Waals surface area contributed by atoms with Crippen LogP contribution in [0.5, 0.6) is 0 Å². The number of thiazole rings is 1. The molecular weight excluding hydrogens is 454 g/mol. The van der Waals surface area contributed by atoms with Crippen LogP contribution in [0.25, 0.3) is 11.1 Å². The Balaban J connectivity index is 1.35. The van der Waals surface area contributed by atoms with Gasteiger partial charge >= 0.3 is 12.1 Å². The first-order chi connectivity index (χ1) is 16.5. The van der Waals surface area contributed by atoms with Gasteiger partial charge in [0.2, 0.25) is 5.91 Å². The predicted molar refractivity (Wildman–Crippen MR) is 128 cm³/mol. The zero-order chi connectivity index (χ0) is 24.1. The molecule has 1 heterocycles. The summed E-state index contributed by atoms with van der Waals surface area (Å²) in [6.07, 6.45) is 0.467. The maximum Gasteiger partial charge on any atom is 0.407 e. The van der Waals surface area contributed by atoms with Gasteiger partial charge in [-0.05, 0) is 28.7 Å². The lowest BCUT2D eigenvalue weighted by Crippen LogP contribution is -2.46. The number of ether oxygens (including phenoxy) is 1. The highest BCUT2D eigenvalue weighted by molar-refractivity contribution is 7.09. The Hall–Kier alpha value is -3.72. The zero-order valence-electron chi connectivity index (χ0n) is 18.6. The van der Waals surface area contributed by atoms with Crippen LogP contribution in [0, 0.1) is 0 Å². The van der Waals surface area contributed by atoms with E-state index < -0.39 is 18.1 Å². The summed E-state index contributed by atoms with van der Waals surface area (Å²) in [6.45, 7) is 2.17. The molecule has 3 N–H and O–H groups in total. The van der Waals surface area contributed by atoms with Crippen molar-refractivity contribution in [3.05, 3.63) is 75.7 Å². The lowest BCUT2D eigenvalue weighted by Gasteiger charge is -2.19. The van der Waals surface area contributed by atoms with Gasteiger partial charge in [0.1, 0.15) is 17.7 Å². The molecular formula is C25H25N3O5S. The molecule has 8 nitrogen and oxygen atoms in total. The molecule has 176 valence electrons. The fourth-order valence-electron chi connectivity index (χ4n) is 4.12. The van der Waals surface area contributed by atoms with Crippen molar-refractivity contribution in [2.45, 2.75) is 38.3 Å². The van der Waals surface area contributed by atoms with E-state index in [1.165, 1.54) is 5.38 Å². The Bertz CT molecular complexity index is 1160. The minimum Gasteiger partial charge on any atom is -0.476 e. The van der Waals surface area contributed by atoms with Crippen molar-refractivity contribution in [3.8, 4) is 11.1 Å². The third kappa shape index (κ3) is 5.09. The number of carboxylic acid groups (broad SMARTS) is 1. The molecule has 0 unspecified atom stereocenters. The maximum atomic E-state index is 12.6. The van der Waals surface area contributed by atoms with E-state index >= 15 is 0 Å². The van der Waals surface area contributed by atoms with Crippen molar-refractivity contribution in [1.82, 2.24) is 15.6 Å². The number of nitrogens with one attached hydrogen (secondary N) is 2. The molecule has 4 rings (SSSR count). The van der Waals surface area contributed by atoms with Crippen LogP contribution in [0.4, 0.5) is 4.79 Å². The molecule has 0 fully saturated rings. The Kier molecular flexibility index (Phi) is 7.22. The van der Waals surface area contributed by atoms with Crippen molar-refractivity contribution < 1.29 is 24.2 Å². The molecule has 2 aromatic carbocycles. The maximum absolute atomic E-state index is 12.6. The smallest absolute Gasteiger partial charge is 0.407 e. The lowest BCUT2D eigenvalue weighted by atomic mass is 9.98. The molecule has 0 spiro atoms. The standard InChI is InChI=1S/C25H25N3O5S/c1-2-7-20(23(29)26-12-22-27-21(14-34-22)24(30)31)28-25(32)33-13-19-17-10-5-3-8-15(17)16-9-4-6-11-18(16)19/h3-6,8-11,14,19-20H,2,7,12-13H2,1H3,(H,26,29)(H,28,32)(H,30,31)/t20-/m1/s1. The van der Waals surface area contributed by atoms with E-state index in [2.05, 4.69) is 27.8 Å². The summed E-state index contributed by atoms with van der Waals surface area (Å²) in [6, 6.07) is 15.4. The van der Waals surface area contributed by atoms with Gasteiger partial charge in [-0.1, -0.05) is 61.9 Å². The normalized spacial score (nSPS) is 13.0. The molecule has 0 saturated heterocycles. The molecule has 0 aliphatic heterocycles. The molecule has 2 amide bonds. The summed E-state index contributed by atoms with van der Waals surface area (Å²) in [5.74, 6) is -1.55. The predicted octanol–water partition coefficient (Wildman–Crippen LogP) is 4.16. The quantitative estimate of drug-likeness (QED) is 0.424. The molecule has 3 aromatic rings. The van der Waals surface area contributed by atoms with E-state index in [4.69, 9.17) is 9.84 Å². The van der Waals surface area contributed by atoms with Gasteiger partial charge in [-0.3, -0.25) is 4.79 Å². The van der Waals surface area contributed by atoms with E-state index in [-0.39, 0.29) is 30.7 Å². The molecule has 1 aliphatic carbocycles. The van der Waals surface area contributed by atoms with Gasteiger partial charge in [0.25, 0.3) is 0 Å². The van der Waals surface area contributed by atoms with Gasteiger partial charge in [0.15, 0.2) is 5.69 Å². The van der Waals surface area contributed by atoms with E-state index in [0.717, 1.165) is 33.6 Å². The molecule has 1 atom stereocenters. The van der Waals surface area contributed by atoms with Gasteiger partial charge in [0, 0.05) is 11.3 Å². The molecule has 1 aromatic heterocycles. The zero-order valence-corrected chi connectivity index (χ0v) is 19.4. The van der Waals surface area contributed by atoms with Gasteiger partial charge in [-0.15, -0.1) is 11.3 Å². The van der Waals surface area contributed by atoms with E-state index in [0.29, 0.717) is 17.8 Å². The number of hydrogen-bond donors (Lipinski definition) is 3. The average molecular weight is 480 g/mol. The van der Waals surface area contributed by atoms with Gasteiger partial charge in [-0.25, -0.2) is 14.6 Å². The third-order valence-corrected chi connectivity index (χ3v) is 6.56. The first-order valence-electron chi connectivity index (χ1n) is 11.0. The number of aromatic nitrogens is 1. The summed E-state index contributed by atoms with van der Waals surface area (Å²) in [5, 5.41) is 16.2. The number of carbonyl (C=O) groups excluding carboxylic acids is 2. The van der Waals surface area contributed by atoms with Crippen molar-refractivity contribution in [1.29, 1.82) is 0 Å². The minimum atomic E-state index is -1.12. The molecule has 1 aliphatic rings. The van der Waals surface area contributed by atoms with Crippen LogP contribution in [0.1, 0.15) is 52.3 Å². The summed E-state index contributed by atoms with van der Waals surface area (Å²) >= 11 is 1.15. The number of hydrogen-bond acceptors (Lipinski definition) is 6. The number of amides is 2. The van der Waals surface area contributed by atoms with Crippen molar-refractivity contribution in [2.75, 3.05) is 6.61 Å². The van der Waals surface area contributed by atoms with Crippen molar-refractivity contribution in [3.63, 3.8) is 0 Å². The number of rotatable bonds is 9. The first-order valence-corrected chi connectivity index (χ1v) is 11.9. The van der Waals surface area contributed by atoms with E-state index in [1.54, 1.807) is 0 Å². The number of carbonyl (C=O) groups is 3. The summed E-state index contributed by atoms with van der Waals surface area (Å²) in [4.78, 5) is 40.1. The number of benzene rings is 2. The van der Waals surface area contributed by atoms with Gasteiger partial charge in [0.05, 0.1) is 6.54 Å². The topological polar surface area (TPSA) is 118 Å². The molecule has 34 heavy (non-hydrogen) atoms. The molecule has 0 saturated carbocycles. The van der Waals surface area contributed by atoms with E-state index in [1.807, 2.05) is 43.3 Å². The molecule has 0 radical (unpaired) electrons. The second kappa shape index (κ2) is 10.5. The van der Waals surface area contributed by atoms with Crippen LogP contribution >= 0.6 is 11.3 Å². The summed E-state index contributed by atoms with van der Waals surface area (Å²) in [7, 11) is 0. The largest absolute Gasteiger partial charge is 0.476 e. The van der Waals surface area contributed by atoms with E-state index in [9.17, 15) is 14.4 Å². The molecule has 0 bridgehead atoms. The van der Waals surface area contributed by atoms with Crippen LogP contribution in [-0.4, -0.2) is 40.7 Å². The minimum absolute atomic E-state index is 0.0591. The second-order valence-corrected chi connectivity index (χ2v) is 8.90. The number of nitrogens with zero attached hydrogens (tertiary/aromatic N) is 1. The fraction of sp³-hybridized carbons (Fsp3) is 0.280. The highest BCUT2D eigenvalue weighted by Crippen LogP contribution is 2.44. The van der Waals surface area contributed by atoms with Crippen LogP contribution < -0.4 is 10.6 Å². The van der Waals surface area contributed by atoms with Crippen molar-refractivity contribution >= 4 is 29.3 Å². The number of alkyl carbamates (subject to hydrolysis) is 1. The fourth-order valence-corrected chi connectivity index (χ4v) is 4.82. The van der Waals surface area contributed by atoms with Crippen LogP contribution in [-0.2, 0) is 16.1 Å². The second-order valence-electron chi connectivity index (χ2n) is 7.96. The Labute approximate surface area is 201 Å². The van der Waals surface area contributed by atoms with Crippen LogP contribution in [0.15, 0.2) is 53.9 Å². The monoisotopic (exact) mass is 479 g/mol. The lowest BCUT2D eigenvalue weighted by molar-refractivity contribution is -0.123. The summed E-state index contributed by atoms with van der Waals surface area (Å²) < 4.78 is 5.55. The number of fused-ring (bicyclic) bond motifs is 3. The number of carboxylic acids is 1. The van der Waals surface area contributed by atoms with Crippen LogP contribution in [0.2, 0.25) is 0 Å². The van der Waals surface area contributed by atoms with Crippen molar-refractivity contribution in [2.24, 2.45) is 0 Å². The highest BCUT2D eigenvalue weighted by Gasteiger charge is 2.29. The Morgan fingerprint density at radius 1 is 1.09 bits per heavy atom. The van der Waals surface area contributed by atoms with Gasteiger partial charge in [-0.2, -0.15) is 0 Å². The van der Waals surface area contributed by atoms with Gasteiger partial charge < -0.3 is 20.5 Å². The first kappa shape index (κ1) is 23.4. The Morgan fingerprint density at radius 2 is 1.74 bits per heavy atom. The van der Waals surface area contributed by atoms with Crippen LogP contribution in [0.3, 0.4) is 0 Å². The number of aromatic carboxylic acids is 1. The SMILES string of the molecule is CCC[C@@H](NC(=O)OCC1c2ccccc2-c2ccccc21)C(=O)NCc1nc(C(=O)O)cs1. The summed E-state index contributed by atoms with van der Waals surface area (Å²) in [5.41, 5.74) is 4.45. The third-order valence-electron chi connectivity index (χ3n) is 5.71. The average Bonchev–Trinajstić information content (AvgIpc) is 3.44.